The number of rotatable bonds is 0. The second kappa shape index (κ2) is 2.48. The van der Waals surface area contributed by atoms with Crippen LogP contribution in [0.2, 0.25) is 0 Å². The van der Waals surface area contributed by atoms with Crippen molar-refractivity contribution < 1.29 is 4.39 Å². The van der Waals surface area contributed by atoms with Gasteiger partial charge in [0.1, 0.15) is 5.82 Å². The van der Waals surface area contributed by atoms with E-state index in [-0.39, 0.29) is 17.3 Å². The smallest absolute Gasteiger partial charge is 0.123 e. The monoisotopic (exact) mass is 192 g/mol. The Labute approximate surface area is 82.3 Å². The molecule has 1 heterocycles. The minimum atomic E-state index is -0.196. The molecule has 1 aliphatic carbocycles. The van der Waals surface area contributed by atoms with E-state index in [1.807, 2.05) is 0 Å². The van der Waals surface area contributed by atoms with Crippen LogP contribution in [-0.2, 0) is 0 Å². The van der Waals surface area contributed by atoms with Gasteiger partial charge in [-0.25, -0.2) is 4.39 Å². The summed E-state index contributed by atoms with van der Waals surface area (Å²) in [6.07, 6.45) is 2.33. The molecule has 1 aromatic rings. The third-order valence-electron chi connectivity index (χ3n) is 3.53. The molecule has 0 saturated heterocycles. The Balaban J connectivity index is 2.09. The third kappa shape index (κ3) is 0.989. The van der Waals surface area contributed by atoms with Crippen LogP contribution in [0.4, 0.5) is 10.1 Å². The molecule has 2 nitrogen and oxygen atoms in total. The Bertz CT molecular complexity index is 385. The molecule has 3 N–H and O–H groups in total. The SMILES string of the molecule is NC1c2cc(F)ccc2NCC12CC2. The van der Waals surface area contributed by atoms with E-state index in [1.165, 1.54) is 6.07 Å². The van der Waals surface area contributed by atoms with E-state index >= 15 is 0 Å². The summed E-state index contributed by atoms with van der Waals surface area (Å²) in [4.78, 5) is 0. The number of hydrogen-bond acceptors (Lipinski definition) is 2. The lowest BCUT2D eigenvalue weighted by molar-refractivity contribution is 0.416. The van der Waals surface area contributed by atoms with Crippen LogP contribution < -0.4 is 11.1 Å². The molecule has 0 bridgehead atoms. The highest BCUT2D eigenvalue weighted by Gasteiger charge is 2.50. The fraction of sp³-hybridized carbons (Fsp3) is 0.455. The molecule has 1 spiro atoms. The van der Waals surface area contributed by atoms with Crippen molar-refractivity contribution >= 4 is 5.69 Å². The van der Waals surface area contributed by atoms with Gasteiger partial charge in [-0.2, -0.15) is 0 Å². The minimum absolute atomic E-state index is 0.00875. The van der Waals surface area contributed by atoms with Crippen molar-refractivity contribution in [3.05, 3.63) is 29.6 Å². The van der Waals surface area contributed by atoms with Gasteiger partial charge in [0.2, 0.25) is 0 Å². The van der Waals surface area contributed by atoms with E-state index in [0.717, 1.165) is 30.6 Å². The molecule has 1 aliphatic heterocycles. The van der Waals surface area contributed by atoms with E-state index in [9.17, 15) is 4.39 Å². The van der Waals surface area contributed by atoms with E-state index < -0.39 is 0 Å². The molecule has 3 rings (SSSR count). The molecule has 1 fully saturated rings. The fourth-order valence-corrected chi connectivity index (χ4v) is 2.31. The summed E-state index contributed by atoms with van der Waals surface area (Å²) in [5.74, 6) is -0.196. The molecule has 1 atom stereocenters. The molecule has 3 heteroatoms. The number of benzene rings is 1. The average molecular weight is 192 g/mol. The van der Waals surface area contributed by atoms with Gasteiger partial charge in [-0.3, -0.25) is 0 Å². The van der Waals surface area contributed by atoms with Crippen LogP contribution in [0.3, 0.4) is 0 Å². The first-order valence-corrected chi connectivity index (χ1v) is 5.00. The van der Waals surface area contributed by atoms with Gasteiger partial charge in [-0.1, -0.05) is 0 Å². The Hall–Kier alpha value is -1.09. The Morgan fingerprint density at radius 2 is 2.21 bits per heavy atom. The summed E-state index contributed by atoms with van der Waals surface area (Å²) in [6, 6.07) is 4.82. The number of hydrogen-bond donors (Lipinski definition) is 2. The highest BCUT2D eigenvalue weighted by atomic mass is 19.1. The largest absolute Gasteiger partial charge is 0.384 e. The van der Waals surface area contributed by atoms with Gasteiger partial charge in [0.25, 0.3) is 0 Å². The second-order valence-electron chi connectivity index (χ2n) is 4.43. The van der Waals surface area contributed by atoms with E-state index in [2.05, 4.69) is 5.32 Å². The summed E-state index contributed by atoms with van der Waals surface area (Å²) in [7, 11) is 0. The minimum Gasteiger partial charge on any atom is -0.384 e. The van der Waals surface area contributed by atoms with Gasteiger partial charge in [-0.15, -0.1) is 0 Å². The molecule has 0 aromatic heterocycles. The summed E-state index contributed by atoms with van der Waals surface area (Å²) in [5, 5.41) is 3.33. The predicted octanol–water partition coefficient (Wildman–Crippen LogP) is 2.03. The van der Waals surface area contributed by atoms with Crippen molar-refractivity contribution in [3.63, 3.8) is 0 Å². The van der Waals surface area contributed by atoms with Gasteiger partial charge in [0.15, 0.2) is 0 Å². The Kier molecular flexibility index (Phi) is 1.46. The topological polar surface area (TPSA) is 38.0 Å². The zero-order chi connectivity index (χ0) is 9.76. The maximum atomic E-state index is 13.1. The molecular weight excluding hydrogens is 179 g/mol. The van der Waals surface area contributed by atoms with Gasteiger partial charge in [0, 0.05) is 23.7 Å². The highest BCUT2D eigenvalue weighted by Crippen LogP contribution is 2.56. The number of fused-ring (bicyclic) bond motifs is 1. The van der Waals surface area contributed by atoms with Crippen LogP contribution in [0.15, 0.2) is 18.2 Å². The van der Waals surface area contributed by atoms with Crippen molar-refractivity contribution in [2.24, 2.45) is 11.1 Å². The van der Waals surface area contributed by atoms with Crippen LogP contribution >= 0.6 is 0 Å². The van der Waals surface area contributed by atoms with E-state index in [0.29, 0.717) is 0 Å². The first-order valence-electron chi connectivity index (χ1n) is 5.00. The van der Waals surface area contributed by atoms with Crippen molar-refractivity contribution in [1.82, 2.24) is 0 Å². The van der Waals surface area contributed by atoms with Crippen molar-refractivity contribution in [1.29, 1.82) is 0 Å². The van der Waals surface area contributed by atoms with Crippen molar-refractivity contribution in [2.45, 2.75) is 18.9 Å². The molecule has 74 valence electrons. The van der Waals surface area contributed by atoms with Crippen LogP contribution in [0, 0.1) is 11.2 Å². The molecule has 1 saturated carbocycles. The normalized spacial score (nSPS) is 26.9. The zero-order valence-corrected chi connectivity index (χ0v) is 7.89. The first kappa shape index (κ1) is 8.24. The predicted molar refractivity (Wildman–Crippen MR) is 53.5 cm³/mol. The number of halogens is 1. The second-order valence-corrected chi connectivity index (χ2v) is 4.43. The van der Waals surface area contributed by atoms with Crippen LogP contribution in [0.25, 0.3) is 0 Å². The quantitative estimate of drug-likeness (QED) is 0.660. The molecular formula is C11H13FN2. The summed E-state index contributed by atoms with van der Waals surface area (Å²) in [5.41, 5.74) is 8.31. The van der Waals surface area contributed by atoms with Gasteiger partial charge < -0.3 is 11.1 Å². The summed E-state index contributed by atoms with van der Waals surface area (Å²) < 4.78 is 13.1. The van der Waals surface area contributed by atoms with Gasteiger partial charge in [0.05, 0.1) is 0 Å². The van der Waals surface area contributed by atoms with Crippen molar-refractivity contribution in [2.75, 3.05) is 11.9 Å². The Morgan fingerprint density at radius 3 is 2.93 bits per heavy atom. The molecule has 0 amide bonds. The van der Waals surface area contributed by atoms with Gasteiger partial charge in [-0.05, 0) is 36.6 Å². The first-order chi connectivity index (χ1) is 6.71. The number of nitrogens with two attached hydrogens (primary N) is 1. The molecule has 2 aliphatic rings. The number of nitrogens with one attached hydrogen (secondary N) is 1. The summed E-state index contributed by atoms with van der Waals surface area (Å²) >= 11 is 0. The maximum absolute atomic E-state index is 13.1. The maximum Gasteiger partial charge on any atom is 0.123 e. The lowest BCUT2D eigenvalue weighted by Gasteiger charge is -2.32. The van der Waals surface area contributed by atoms with E-state index in [1.54, 1.807) is 12.1 Å². The average Bonchev–Trinajstić information content (AvgIpc) is 2.94. The molecule has 14 heavy (non-hydrogen) atoms. The van der Waals surface area contributed by atoms with Gasteiger partial charge >= 0.3 is 0 Å². The molecule has 1 unspecified atom stereocenters. The van der Waals surface area contributed by atoms with E-state index in [4.69, 9.17) is 5.73 Å². The van der Waals surface area contributed by atoms with Crippen LogP contribution in [-0.4, -0.2) is 6.54 Å². The molecule has 0 radical (unpaired) electrons. The Morgan fingerprint density at radius 1 is 1.43 bits per heavy atom. The lowest BCUT2D eigenvalue weighted by Crippen LogP contribution is -2.34. The number of anilines is 1. The van der Waals surface area contributed by atoms with Crippen LogP contribution in [0.5, 0.6) is 0 Å². The standard InChI is InChI=1S/C11H13FN2/c12-7-1-2-9-8(5-7)10(13)11(3-4-11)6-14-9/h1-2,5,10,14H,3-4,6,13H2. The summed E-state index contributed by atoms with van der Waals surface area (Å²) in [6.45, 7) is 0.937. The zero-order valence-electron chi connectivity index (χ0n) is 7.89. The third-order valence-corrected chi connectivity index (χ3v) is 3.53. The van der Waals surface area contributed by atoms with Crippen molar-refractivity contribution in [3.8, 4) is 0 Å². The fourth-order valence-electron chi connectivity index (χ4n) is 2.31. The highest BCUT2D eigenvalue weighted by molar-refractivity contribution is 5.56. The molecule has 1 aromatic carbocycles. The van der Waals surface area contributed by atoms with Crippen LogP contribution in [0.1, 0.15) is 24.4 Å². The lowest BCUT2D eigenvalue weighted by atomic mass is 9.86.